The molecule has 1 aliphatic rings. The molecule has 1 aromatic carbocycles. The molecule has 0 bridgehead atoms. The number of hydrogen-bond acceptors (Lipinski definition) is 2. The van der Waals surface area contributed by atoms with Crippen molar-refractivity contribution in [1.82, 2.24) is 10.2 Å². The van der Waals surface area contributed by atoms with Crippen LogP contribution in [0.15, 0.2) is 24.3 Å². The summed E-state index contributed by atoms with van der Waals surface area (Å²) in [6.07, 6.45) is 0. The van der Waals surface area contributed by atoms with Crippen molar-refractivity contribution in [2.75, 3.05) is 46.4 Å². The number of benzene rings is 1. The average molecular weight is 329 g/mol. The number of rotatable bonds is 5. The summed E-state index contributed by atoms with van der Waals surface area (Å²) in [7, 11) is 1.70. The first-order valence-electron chi connectivity index (χ1n) is 7.29. The highest BCUT2D eigenvalue weighted by molar-refractivity contribution is 7.80. The van der Waals surface area contributed by atoms with E-state index < -0.39 is 0 Å². The molecule has 4 nitrogen and oxygen atoms in total. The molecule has 2 rings (SSSR count). The molecule has 1 saturated heterocycles. The Bertz CT molecular complexity index is 447. The van der Waals surface area contributed by atoms with Gasteiger partial charge in [0.05, 0.1) is 32.8 Å². The Morgan fingerprint density at radius 3 is 2.62 bits per heavy atom. The summed E-state index contributed by atoms with van der Waals surface area (Å²) in [6.45, 7) is 6.72. The molecule has 0 radical (unpaired) electrons. The van der Waals surface area contributed by atoms with Gasteiger partial charge >= 0.3 is 0 Å². The number of thiocarbonyl (C=S) groups is 1. The summed E-state index contributed by atoms with van der Waals surface area (Å²) in [4.78, 5) is 3.84. The molecular weight excluding hydrogens is 306 g/mol. The molecule has 1 heterocycles. The van der Waals surface area contributed by atoms with Gasteiger partial charge in [-0.05, 0) is 24.4 Å². The molecule has 0 saturated carbocycles. The van der Waals surface area contributed by atoms with Crippen LogP contribution in [0, 0.1) is 0 Å². The highest BCUT2D eigenvalue weighted by atomic mass is 35.5. The number of quaternary nitrogens is 1. The second-order valence-electron chi connectivity index (χ2n) is 5.27. The number of hydrogen-bond donors (Lipinski definition) is 2. The van der Waals surface area contributed by atoms with E-state index in [0.717, 1.165) is 49.4 Å². The summed E-state index contributed by atoms with van der Waals surface area (Å²) in [6, 6.07) is 8.14. The maximum atomic E-state index is 5.92. The van der Waals surface area contributed by atoms with E-state index >= 15 is 0 Å². The molecule has 21 heavy (non-hydrogen) atoms. The first-order valence-corrected chi connectivity index (χ1v) is 8.07. The number of halogens is 1. The van der Waals surface area contributed by atoms with Crippen LogP contribution in [0.3, 0.4) is 0 Å². The van der Waals surface area contributed by atoms with Gasteiger partial charge in [-0.15, -0.1) is 0 Å². The molecule has 0 unspecified atom stereocenters. The highest BCUT2D eigenvalue weighted by Gasteiger charge is 2.21. The largest absolute Gasteiger partial charge is 0.383 e. The zero-order valence-electron chi connectivity index (χ0n) is 12.4. The SMILES string of the molecule is COCCNC(=S)N1CC[NH+](Cc2ccc(Cl)cc2)CC1. The molecule has 0 aromatic heterocycles. The first kappa shape index (κ1) is 16.5. The van der Waals surface area contributed by atoms with Crippen LogP contribution in [-0.4, -0.2) is 56.5 Å². The Morgan fingerprint density at radius 1 is 1.33 bits per heavy atom. The predicted octanol–water partition coefficient (Wildman–Crippen LogP) is 0.561. The standard InChI is InChI=1S/C15H22ClN3OS/c1-20-11-6-17-15(21)19-9-7-18(8-10-19)12-13-2-4-14(16)5-3-13/h2-5H,6-12H2,1H3,(H,17,21)/p+1. The van der Waals surface area contributed by atoms with Crippen molar-refractivity contribution in [3.63, 3.8) is 0 Å². The number of nitrogens with zero attached hydrogens (tertiary/aromatic N) is 1. The Kier molecular flexibility index (Phi) is 6.70. The number of piperazine rings is 1. The first-order chi connectivity index (χ1) is 10.2. The van der Waals surface area contributed by atoms with Crippen molar-refractivity contribution in [3.05, 3.63) is 34.9 Å². The van der Waals surface area contributed by atoms with Gasteiger partial charge in [-0.1, -0.05) is 23.7 Å². The summed E-state index contributed by atoms with van der Waals surface area (Å²) >= 11 is 11.3. The third kappa shape index (κ3) is 5.43. The lowest BCUT2D eigenvalue weighted by molar-refractivity contribution is -0.917. The number of methoxy groups -OCH3 is 1. The van der Waals surface area contributed by atoms with Crippen molar-refractivity contribution >= 4 is 28.9 Å². The minimum absolute atomic E-state index is 0.682. The zero-order chi connectivity index (χ0) is 15.1. The zero-order valence-corrected chi connectivity index (χ0v) is 14.0. The van der Waals surface area contributed by atoms with Crippen molar-refractivity contribution < 1.29 is 9.64 Å². The lowest BCUT2D eigenvalue weighted by Gasteiger charge is -2.33. The molecular formula is C15H23ClN3OS+. The van der Waals surface area contributed by atoms with Gasteiger partial charge in [0.25, 0.3) is 0 Å². The molecule has 0 atom stereocenters. The average Bonchev–Trinajstić information content (AvgIpc) is 2.50. The van der Waals surface area contributed by atoms with Crippen LogP contribution < -0.4 is 10.2 Å². The summed E-state index contributed by atoms with van der Waals surface area (Å²) < 4.78 is 5.02. The van der Waals surface area contributed by atoms with Crippen molar-refractivity contribution in [2.45, 2.75) is 6.54 Å². The van der Waals surface area contributed by atoms with Crippen LogP contribution in [0.5, 0.6) is 0 Å². The Morgan fingerprint density at radius 2 is 2.00 bits per heavy atom. The lowest BCUT2D eigenvalue weighted by Crippen LogP contribution is -3.13. The summed E-state index contributed by atoms with van der Waals surface area (Å²) in [5.74, 6) is 0. The smallest absolute Gasteiger partial charge is 0.169 e. The quantitative estimate of drug-likeness (QED) is 0.610. The van der Waals surface area contributed by atoms with E-state index in [9.17, 15) is 0 Å². The Hall–Kier alpha value is -0.880. The van der Waals surface area contributed by atoms with Crippen LogP contribution in [0.25, 0.3) is 0 Å². The third-order valence-electron chi connectivity index (χ3n) is 3.71. The van der Waals surface area contributed by atoms with Crippen LogP contribution >= 0.6 is 23.8 Å². The maximum Gasteiger partial charge on any atom is 0.169 e. The van der Waals surface area contributed by atoms with Gasteiger partial charge < -0.3 is 19.9 Å². The van der Waals surface area contributed by atoms with E-state index in [-0.39, 0.29) is 0 Å². The van der Waals surface area contributed by atoms with Gasteiger partial charge in [-0.3, -0.25) is 0 Å². The molecule has 1 aliphatic heterocycles. The van der Waals surface area contributed by atoms with Gasteiger partial charge in [0.1, 0.15) is 6.54 Å². The van der Waals surface area contributed by atoms with E-state index in [2.05, 4.69) is 22.3 Å². The number of ether oxygens (including phenoxy) is 1. The van der Waals surface area contributed by atoms with Crippen LogP contribution in [-0.2, 0) is 11.3 Å². The van der Waals surface area contributed by atoms with Crippen LogP contribution in [0.2, 0.25) is 5.02 Å². The van der Waals surface area contributed by atoms with Crippen molar-refractivity contribution in [3.8, 4) is 0 Å². The molecule has 1 aromatic rings. The van der Waals surface area contributed by atoms with E-state index in [1.165, 1.54) is 5.56 Å². The van der Waals surface area contributed by atoms with Crippen molar-refractivity contribution in [1.29, 1.82) is 0 Å². The lowest BCUT2D eigenvalue weighted by atomic mass is 10.2. The maximum absolute atomic E-state index is 5.92. The Balaban J connectivity index is 1.72. The molecule has 0 aliphatic carbocycles. The normalized spacial score (nSPS) is 16.0. The van der Waals surface area contributed by atoms with E-state index in [1.54, 1.807) is 12.0 Å². The molecule has 0 amide bonds. The Labute approximate surface area is 137 Å². The van der Waals surface area contributed by atoms with Crippen LogP contribution in [0.4, 0.5) is 0 Å². The van der Waals surface area contributed by atoms with Gasteiger partial charge in [0, 0.05) is 24.2 Å². The molecule has 0 spiro atoms. The predicted molar refractivity (Wildman–Crippen MR) is 89.9 cm³/mol. The van der Waals surface area contributed by atoms with Crippen LogP contribution in [0.1, 0.15) is 5.56 Å². The fourth-order valence-electron chi connectivity index (χ4n) is 2.47. The molecule has 6 heteroatoms. The van der Waals surface area contributed by atoms with Gasteiger partial charge in [0.15, 0.2) is 5.11 Å². The molecule has 2 N–H and O–H groups in total. The fourth-order valence-corrected chi connectivity index (χ4v) is 2.88. The molecule has 1 fully saturated rings. The fraction of sp³-hybridized carbons (Fsp3) is 0.533. The van der Waals surface area contributed by atoms with Gasteiger partial charge in [-0.2, -0.15) is 0 Å². The second-order valence-corrected chi connectivity index (χ2v) is 6.09. The minimum Gasteiger partial charge on any atom is -0.383 e. The van der Waals surface area contributed by atoms with Gasteiger partial charge in [-0.25, -0.2) is 0 Å². The van der Waals surface area contributed by atoms with Crippen molar-refractivity contribution in [2.24, 2.45) is 0 Å². The third-order valence-corrected chi connectivity index (χ3v) is 4.36. The minimum atomic E-state index is 0.682. The second kappa shape index (κ2) is 8.54. The van der Waals surface area contributed by atoms with E-state index in [4.69, 9.17) is 28.6 Å². The van der Waals surface area contributed by atoms with Gasteiger partial charge in [0.2, 0.25) is 0 Å². The number of nitrogens with one attached hydrogen (secondary N) is 2. The summed E-state index contributed by atoms with van der Waals surface area (Å²) in [5.41, 5.74) is 1.34. The van der Waals surface area contributed by atoms with E-state index in [0.29, 0.717) is 6.61 Å². The van der Waals surface area contributed by atoms with E-state index in [1.807, 2.05) is 12.1 Å². The topological polar surface area (TPSA) is 28.9 Å². The summed E-state index contributed by atoms with van der Waals surface area (Å²) in [5, 5.41) is 4.87. The highest BCUT2D eigenvalue weighted by Crippen LogP contribution is 2.08. The monoisotopic (exact) mass is 328 g/mol. The molecule has 116 valence electrons.